The third-order valence-electron chi connectivity index (χ3n) is 0.780. The number of rotatable bonds is 0. The van der Waals surface area contributed by atoms with Crippen LogP contribution in [0.3, 0.4) is 0 Å². The van der Waals surface area contributed by atoms with Crippen LogP contribution in [0, 0.1) is 10.1 Å². The fraction of sp³-hybridized carbons (Fsp3) is 0.667. The topological polar surface area (TPSA) is 64.7 Å². The molecule has 1 aliphatic rings. The predicted molar refractivity (Wildman–Crippen MR) is 25.2 cm³/mol. The molecular weight excluding hydrogens is 112 g/mol. The lowest BCUT2D eigenvalue weighted by Gasteiger charge is -1.86. The van der Waals surface area contributed by atoms with Crippen LogP contribution < -0.4 is 0 Å². The van der Waals surface area contributed by atoms with E-state index in [1.54, 1.807) is 0 Å². The molecule has 0 unspecified atom stereocenters. The summed E-state index contributed by atoms with van der Waals surface area (Å²) in [7, 11) is 0. The molecule has 0 N–H and O–H groups in total. The number of amidine groups is 1. The Kier molecular flexibility index (Phi) is 1.21. The van der Waals surface area contributed by atoms with Crippen LogP contribution in [0.5, 0.6) is 0 Å². The minimum absolute atomic E-state index is 0.0486. The first-order valence-electron chi connectivity index (χ1n) is 2.06. The van der Waals surface area contributed by atoms with Gasteiger partial charge in [0, 0.05) is 0 Å². The predicted octanol–water partition coefficient (Wildman–Crippen LogP) is -0.351. The smallest absolute Gasteiger partial charge is 0.358 e. The summed E-state index contributed by atoms with van der Waals surface area (Å²) in [5, 5.41) is 9.80. The van der Waals surface area contributed by atoms with Crippen molar-refractivity contribution in [1.82, 2.24) is 0 Å². The first-order chi connectivity index (χ1) is 3.80. The van der Waals surface area contributed by atoms with Crippen molar-refractivity contribution >= 4 is 5.84 Å². The SMILES string of the molecule is O=[N+]([O-])C1=NCOC1. The number of nitro groups is 1. The maximum absolute atomic E-state index is 9.80. The molecule has 44 valence electrons. The van der Waals surface area contributed by atoms with E-state index in [1.165, 1.54) is 0 Å². The van der Waals surface area contributed by atoms with Gasteiger partial charge in [0.15, 0.2) is 6.61 Å². The molecule has 0 aromatic rings. The molecule has 0 amide bonds. The van der Waals surface area contributed by atoms with Crippen molar-refractivity contribution < 1.29 is 9.66 Å². The molecule has 0 aromatic heterocycles. The van der Waals surface area contributed by atoms with E-state index >= 15 is 0 Å². The molecular formula is C3H4N2O3. The summed E-state index contributed by atoms with van der Waals surface area (Å²) in [5.74, 6) is -0.0787. The van der Waals surface area contributed by atoms with Gasteiger partial charge in [0.2, 0.25) is 6.73 Å². The van der Waals surface area contributed by atoms with Crippen molar-refractivity contribution in [2.45, 2.75) is 0 Å². The van der Waals surface area contributed by atoms with Gasteiger partial charge in [-0.25, -0.2) is 0 Å². The highest BCUT2D eigenvalue weighted by atomic mass is 16.6. The van der Waals surface area contributed by atoms with Crippen LogP contribution in [0.15, 0.2) is 4.99 Å². The summed E-state index contributed by atoms with van der Waals surface area (Å²) in [6.07, 6.45) is 0. The van der Waals surface area contributed by atoms with Gasteiger partial charge in [0.25, 0.3) is 0 Å². The minimum atomic E-state index is -0.535. The lowest BCUT2D eigenvalue weighted by Crippen LogP contribution is -2.12. The van der Waals surface area contributed by atoms with E-state index in [1.807, 2.05) is 0 Å². The molecule has 0 atom stereocenters. The van der Waals surface area contributed by atoms with Crippen molar-refractivity contribution in [2.75, 3.05) is 13.3 Å². The van der Waals surface area contributed by atoms with Crippen LogP contribution in [0.2, 0.25) is 0 Å². The Morgan fingerprint density at radius 3 is 2.88 bits per heavy atom. The van der Waals surface area contributed by atoms with Gasteiger partial charge in [-0.2, -0.15) is 0 Å². The molecule has 0 aliphatic carbocycles. The number of nitrogens with zero attached hydrogens (tertiary/aromatic N) is 2. The Balaban J connectivity index is 2.57. The summed E-state index contributed by atoms with van der Waals surface area (Å²) in [6, 6.07) is 0. The van der Waals surface area contributed by atoms with Gasteiger partial charge in [0.1, 0.15) is 0 Å². The highest BCUT2D eigenvalue weighted by Crippen LogP contribution is 1.92. The lowest BCUT2D eigenvalue weighted by atomic mass is 10.7. The Bertz CT molecular complexity index is 141. The second-order valence-electron chi connectivity index (χ2n) is 1.31. The molecule has 0 bridgehead atoms. The van der Waals surface area contributed by atoms with Crippen LogP contribution in [0.4, 0.5) is 0 Å². The molecule has 1 heterocycles. The number of ether oxygens (including phenoxy) is 1. The molecule has 0 spiro atoms. The van der Waals surface area contributed by atoms with Gasteiger partial charge in [-0.05, 0) is 4.92 Å². The molecule has 0 saturated heterocycles. The molecule has 1 rings (SSSR count). The van der Waals surface area contributed by atoms with E-state index in [0.29, 0.717) is 0 Å². The largest absolute Gasteiger partial charge is 0.361 e. The van der Waals surface area contributed by atoms with Gasteiger partial charge < -0.3 is 14.9 Å². The minimum Gasteiger partial charge on any atom is -0.358 e. The Labute approximate surface area is 45.1 Å². The maximum Gasteiger partial charge on any atom is 0.361 e. The van der Waals surface area contributed by atoms with Crippen LogP contribution in [0.25, 0.3) is 0 Å². The van der Waals surface area contributed by atoms with Crippen molar-refractivity contribution in [3.8, 4) is 0 Å². The summed E-state index contributed by atoms with van der Waals surface area (Å²) in [5.41, 5.74) is 0. The Morgan fingerprint density at radius 2 is 2.62 bits per heavy atom. The fourth-order valence-corrected chi connectivity index (χ4v) is 0.413. The fourth-order valence-electron chi connectivity index (χ4n) is 0.413. The molecule has 8 heavy (non-hydrogen) atoms. The number of hydrogen-bond acceptors (Lipinski definition) is 4. The molecule has 0 radical (unpaired) electrons. The molecule has 0 fully saturated rings. The van der Waals surface area contributed by atoms with Gasteiger partial charge in [0.05, 0.1) is 0 Å². The Morgan fingerprint density at radius 1 is 1.88 bits per heavy atom. The zero-order chi connectivity index (χ0) is 5.98. The van der Waals surface area contributed by atoms with Crippen molar-refractivity contribution in [3.05, 3.63) is 10.1 Å². The first-order valence-corrected chi connectivity index (χ1v) is 2.06. The number of aliphatic imine (C=N–C) groups is 1. The molecule has 0 aromatic carbocycles. The van der Waals surface area contributed by atoms with Crippen molar-refractivity contribution in [1.29, 1.82) is 0 Å². The summed E-state index contributed by atoms with van der Waals surface area (Å²) < 4.78 is 4.57. The van der Waals surface area contributed by atoms with Gasteiger partial charge in [-0.15, -0.1) is 0 Å². The molecule has 5 nitrogen and oxygen atoms in total. The third kappa shape index (κ3) is 0.812. The molecule has 1 aliphatic heterocycles. The molecule has 5 heteroatoms. The summed E-state index contributed by atoms with van der Waals surface area (Å²) in [4.78, 5) is 12.7. The van der Waals surface area contributed by atoms with Crippen LogP contribution in [-0.2, 0) is 4.74 Å². The zero-order valence-electron chi connectivity index (χ0n) is 4.03. The second kappa shape index (κ2) is 1.87. The van der Waals surface area contributed by atoms with Crippen molar-refractivity contribution in [2.24, 2.45) is 4.99 Å². The normalized spacial score (nSPS) is 18.2. The molecule has 0 saturated carbocycles. The van der Waals surface area contributed by atoms with Crippen LogP contribution >= 0.6 is 0 Å². The Hall–Kier alpha value is -0.970. The summed E-state index contributed by atoms with van der Waals surface area (Å²) in [6.45, 7) is 0.184. The average Bonchev–Trinajstić information content (AvgIpc) is 2.12. The second-order valence-corrected chi connectivity index (χ2v) is 1.31. The van der Waals surface area contributed by atoms with E-state index in [2.05, 4.69) is 9.73 Å². The first kappa shape index (κ1) is 5.17. The van der Waals surface area contributed by atoms with E-state index in [9.17, 15) is 10.1 Å². The quantitative estimate of drug-likeness (QED) is 0.321. The highest BCUT2D eigenvalue weighted by Gasteiger charge is 2.17. The third-order valence-corrected chi connectivity index (χ3v) is 0.780. The zero-order valence-corrected chi connectivity index (χ0v) is 4.03. The van der Waals surface area contributed by atoms with Crippen LogP contribution in [-0.4, -0.2) is 24.1 Å². The lowest BCUT2D eigenvalue weighted by molar-refractivity contribution is -0.352. The number of hydrogen-bond donors (Lipinski definition) is 0. The van der Waals surface area contributed by atoms with E-state index in [4.69, 9.17) is 0 Å². The van der Waals surface area contributed by atoms with Crippen molar-refractivity contribution in [3.63, 3.8) is 0 Å². The van der Waals surface area contributed by atoms with Crippen LogP contribution in [0.1, 0.15) is 0 Å². The summed E-state index contributed by atoms with van der Waals surface area (Å²) >= 11 is 0. The standard InChI is InChI=1S/C3H4N2O3/c6-5(7)3-1-8-2-4-3/h1-2H2. The average molecular weight is 116 g/mol. The van der Waals surface area contributed by atoms with E-state index < -0.39 is 4.92 Å². The van der Waals surface area contributed by atoms with Gasteiger partial charge in [-0.1, -0.05) is 4.99 Å². The van der Waals surface area contributed by atoms with E-state index in [0.717, 1.165) is 0 Å². The van der Waals surface area contributed by atoms with Gasteiger partial charge >= 0.3 is 5.84 Å². The highest BCUT2D eigenvalue weighted by molar-refractivity contribution is 5.76. The van der Waals surface area contributed by atoms with Gasteiger partial charge in [-0.3, -0.25) is 0 Å². The maximum atomic E-state index is 9.80. The van der Waals surface area contributed by atoms with E-state index in [-0.39, 0.29) is 19.2 Å². The monoisotopic (exact) mass is 116 g/mol.